The fourth-order valence-electron chi connectivity index (χ4n) is 3.12. The summed E-state index contributed by atoms with van der Waals surface area (Å²) in [5.74, 6) is 0. The van der Waals surface area contributed by atoms with Crippen LogP contribution < -0.4 is 0 Å². The molecule has 0 bridgehead atoms. The Bertz CT molecular complexity index is 347. The predicted molar refractivity (Wildman–Crippen MR) is 64.8 cm³/mol. The van der Waals surface area contributed by atoms with Gasteiger partial charge in [0.25, 0.3) is 0 Å². The summed E-state index contributed by atoms with van der Waals surface area (Å²) >= 11 is 0. The number of rotatable bonds is 2. The molecule has 4 nitrogen and oxygen atoms in total. The number of likely N-dealkylation sites (N-methyl/N-ethyl adjacent to an activating group) is 1. The summed E-state index contributed by atoms with van der Waals surface area (Å²) in [4.78, 5) is 3.96. The Morgan fingerprint density at radius 2 is 1.94 bits per heavy atom. The van der Waals surface area contributed by atoms with Gasteiger partial charge in [0.1, 0.15) is 5.54 Å². The Morgan fingerprint density at radius 1 is 1.24 bits per heavy atom. The lowest BCUT2D eigenvalue weighted by molar-refractivity contribution is 0.166. The predicted octanol–water partition coefficient (Wildman–Crippen LogP) is 1.70. The fraction of sp³-hybridized carbons (Fsp3) is 0.846. The lowest BCUT2D eigenvalue weighted by Gasteiger charge is -2.33. The summed E-state index contributed by atoms with van der Waals surface area (Å²) in [5, 5.41) is 18.4. The minimum atomic E-state index is -0.577. The summed E-state index contributed by atoms with van der Waals surface area (Å²) in [6, 6.07) is 3.00. The van der Waals surface area contributed by atoms with Crippen LogP contribution >= 0.6 is 0 Å². The second-order valence-electron chi connectivity index (χ2n) is 5.31. The van der Waals surface area contributed by atoms with Gasteiger partial charge in [-0.2, -0.15) is 10.5 Å². The average Bonchev–Trinajstić information content (AvgIpc) is 2.84. The highest BCUT2D eigenvalue weighted by atomic mass is 15.3. The molecule has 17 heavy (non-hydrogen) atoms. The third-order valence-corrected chi connectivity index (χ3v) is 4.37. The van der Waals surface area contributed by atoms with E-state index in [0.717, 1.165) is 19.5 Å². The SMILES string of the molecule is CN(C#N)C1(C#N)CCN(C2CCCCC2)C1. The van der Waals surface area contributed by atoms with E-state index in [2.05, 4.69) is 17.2 Å². The number of nitrogens with zero attached hydrogens (tertiary/aromatic N) is 4. The van der Waals surface area contributed by atoms with E-state index in [1.54, 1.807) is 7.05 Å². The molecular formula is C13H20N4. The molecule has 2 rings (SSSR count). The van der Waals surface area contributed by atoms with Crippen molar-refractivity contribution in [1.29, 1.82) is 10.5 Å². The van der Waals surface area contributed by atoms with Gasteiger partial charge in [0, 0.05) is 26.2 Å². The molecule has 1 saturated carbocycles. The van der Waals surface area contributed by atoms with Gasteiger partial charge >= 0.3 is 0 Å². The Morgan fingerprint density at radius 3 is 2.53 bits per heavy atom. The highest BCUT2D eigenvalue weighted by Gasteiger charge is 2.44. The maximum absolute atomic E-state index is 9.36. The zero-order chi connectivity index (χ0) is 12.3. The van der Waals surface area contributed by atoms with Crippen LogP contribution in [-0.4, -0.2) is 41.5 Å². The van der Waals surface area contributed by atoms with Gasteiger partial charge in [-0.25, -0.2) is 0 Å². The van der Waals surface area contributed by atoms with Crippen LogP contribution in [0.4, 0.5) is 0 Å². The van der Waals surface area contributed by atoms with Crippen molar-refractivity contribution in [3.05, 3.63) is 0 Å². The number of hydrogen-bond donors (Lipinski definition) is 0. The van der Waals surface area contributed by atoms with Gasteiger partial charge in [-0.1, -0.05) is 19.3 Å². The number of nitriles is 2. The van der Waals surface area contributed by atoms with Gasteiger partial charge in [-0.3, -0.25) is 9.80 Å². The zero-order valence-corrected chi connectivity index (χ0v) is 10.5. The lowest BCUT2D eigenvalue weighted by Crippen LogP contribution is -2.46. The minimum absolute atomic E-state index is 0.577. The topological polar surface area (TPSA) is 54.1 Å². The van der Waals surface area contributed by atoms with Gasteiger partial charge in [0.05, 0.1) is 6.07 Å². The molecule has 0 amide bonds. The minimum Gasteiger partial charge on any atom is -0.297 e. The Labute approximate surface area is 103 Å². The molecule has 0 aromatic heterocycles. The number of likely N-dealkylation sites (tertiary alicyclic amines) is 1. The first kappa shape index (κ1) is 12.2. The van der Waals surface area contributed by atoms with Crippen molar-refractivity contribution in [2.24, 2.45) is 0 Å². The second-order valence-corrected chi connectivity index (χ2v) is 5.31. The maximum atomic E-state index is 9.36. The molecule has 1 aliphatic heterocycles. The standard InChI is InChI=1S/C13H20N4/c1-16(11-15)13(9-14)7-8-17(10-13)12-5-3-2-4-6-12/h12H,2-8,10H2,1H3. The second kappa shape index (κ2) is 4.94. The van der Waals surface area contributed by atoms with E-state index in [1.807, 2.05) is 0 Å². The molecular weight excluding hydrogens is 212 g/mol. The van der Waals surface area contributed by atoms with E-state index in [4.69, 9.17) is 5.26 Å². The number of hydrogen-bond acceptors (Lipinski definition) is 4. The van der Waals surface area contributed by atoms with Gasteiger partial charge in [-0.05, 0) is 19.3 Å². The highest BCUT2D eigenvalue weighted by Crippen LogP contribution is 2.32. The summed E-state index contributed by atoms with van der Waals surface area (Å²) in [5.41, 5.74) is -0.577. The molecule has 0 aromatic rings. The summed E-state index contributed by atoms with van der Waals surface area (Å²) < 4.78 is 0. The summed E-state index contributed by atoms with van der Waals surface area (Å²) in [7, 11) is 1.73. The molecule has 0 aromatic carbocycles. The van der Waals surface area contributed by atoms with Crippen LogP contribution in [-0.2, 0) is 0 Å². The van der Waals surface area contributed by atoms with Crippen LogP contribution in [0.2, 0.25) is 0 Å². The maximum Gasteiger partial charge on any atom is 0.180 e. The summed E-state index contributed by atoms with van der Waals surface area (Å²) in [6.07, 6.45) is 9.41. The molecule has 1 atom stereocenters. The van der Waals surface area contributed by atoms with Crippen LogP contribution in [0.25, 0.3) is 0 Å². The van der Waals surface area contributed by atoms with Crippen molar-refractivity contribution in [2.75, 3.05) is 20.1 Å². The van der Waals surface area contributed by atoms with Crippen molar-refractivity contribution >= 4 is 0 Å². The first-order chi connectivity index (χ1) is 8.22. The van der Waals surface area contributed by atoms with Crippen LogP contribution in [0.1, 0.15) is 38.5 Å². The quantitative estimate of drug-likeness (QED) is 0.537. The molecule has 1 saturated heterocycles. The van der Waals surface area contributed by atoms with Crippen molar-refractivity contribution < 1.29 is 0 Å². The van der Waals surface area contributed by atoms with E-state index in [-0.39, 0.29) is 0 Å². The first-order valence-electron chi connectivity index (χ1n) is 6.51. The first-order valence-corrected chi connectivity index (χ1v) is 6.51. The molecule has 1 heterocycles. The van der Waals surface area contributed by atoms with Gasteiger partial charge in [-0.15, -0.1) is 0 Å². The average molecular weight is 232 g/mol. The monoisotopic (exact) mass is 232 g/mol. The normalized spacial score (nSPS) is 30.8. The molecule has 0 N–H and O–H groups in total. The Hall–Kier alpha value is -1.26. The van der Waals surface area contributed by atoms with Gasteiger partial charge < -0.3 is 0 Å². The lowest BCUT2D eigenvalue weighted by atomic mass is 9.94. The van der Waals surface area contributed by atoms with E-state index in [9.17, 15) is 5.26 Å². The molecule has 2 aliphatic rings. The van der Waals surface area contributed by atoms with E-state index >= 15 is 0 Å². The van der Waals surface area contributed by atoms with E-state index in [0.29, 0.717) is 6.04 Å². The van der Waals surface area contributed by atoms with Gasteiger partial charge in [0.15, 0.2) is 6.19 Å². The van der Waals surface area contributed by atoms with Crippen LogP contribution in [0.15, 0.2) is 0 Å². The molecule has 0 radical (unpaired) electrons. The fourth-order valence-corrected chi connectivity index (χ4v) is 3.12. The van der Waals surface area contributed by atoms with Crippen molar-refractivity contribution in [3.63, 3.8) is 0 Å². The summed E-state index contributed by atoms with van der Waals surface area (Å²) in [6.45, 7) is 1.70. The Kier molecular flexibility index (Phi) is 3.54. The van der Waals surface area contributed by atoms with Crippen LogP contribution in [0.3, 0.4) is 0 Å². The molecule has 0 spiro atoms. The smallest absolute Gasteiger partial charge is 0.180 e. The largest absolute Gasteiger partial charge is 0.297 e. The molecule has 1 unspecified atom stereocenters. The van der Waals surface area contributed by atoms with Crippen LogP contribution in [0, 0.1) is 22.8 Å². The van der Waals surface area contributed by atoms with Crippen LogP contribution in [0.5, 0.6) is 0 Å². The van der Waals surface area contributed by atoms with Crippen molar-refractivity contribution in [3.8, 4) is 12.3 Å². The molecule has 4 heteroatoms. The van der Waals surface area contributed by atoms with Crippen molar-refractivity contribution in [1.82, 2.24) is 9.80 Å². The molecule has 2 fully saturated rings. The van der Waals surface area contributed by atoms with E-state index < -0.39 is 5.54 Å². The molecule has 92 valence electrons. The van der Waals surface area contributed by atoms with Gasteiger partial charge in [0.2, 0.25) is 0 Å². The zero-order valence-electron chi connectivity index (χ0n) is 10.5. The Balaban J connectivity index is 2.03. The third-order valence-electron chi connectivity index (χ3n) is 4.37. The molecule has 1 aliphatic carbocycles. The van der Waals surface area contributed by atoms with E-state index in [1.165, 1.54) is 37.0 Å². The van der Waals surface area contributed by atoms with Crippen molar-refractivity contribution in [2.45, 2.75) is 50.1 Å². The third kappa shape index (κ3) is 2.23. The highest BCUT2D eigenvalue weighted by molar-refractivity contribution is 5.16.